The van der Waals surface area contributed by atoms with Crippen LogP contribution in [0, 0.1) is 0 Å². The largest absolute Gasteiger partial charge is 0.355 e. The van der Waals surface area contributed by atoms with Crippen LogP contribution in [0.3, 0.4) is 0 Å². The zero-order valence-electron chi connectivity index (χ0n) is 12.1. The fourth-order valence-electron chi connectivity index (χ4n) is 2.53. The van der Waals surface area contributed by atoms with Gasteiger partial charge in [0.25, 0.3) is 0 Å². The van der Waals surface area contributed by atoms with Gasteiger partial charge in [0.2, 0.25) is 0 Å². The second-order valence-corrected chi connectivity index (χ2v) is 5.62. The van der Waals surface area contributed by atoms with Crippen molar-refractivity contribution in [1.29, 1.82) is 0 Å². The molecule has 0 aliphatic carbocycles. The molecular weight excluding hydrogens is 310 g/mol. The Hall–Kier alpha value is -2.85. The highest BCUT2D eigenvalue weighted by molar-refractivity contribution is 6.30. The average molecular weight is 322 g/mol. The van der Waals surface area contributed by atoms with Gasteiger partial charge in [-0.15, -0.1) is 5.10 Å². The molecule has 4 nitrogen and oxygen atoms in total. The van der Waals surface area contributed by atoms with Crippen molar-refractivity contribution in [3.05, 3.63) is 88.4 Å². The maximum atomic E-state index is 12.6. The lowest BCUT2D eigenvalue weighted by Crippen LogP contribution is -2.19. The number of aromatic nitrogens is 3. The SMILES string of the molecule is O=c1n(-c2ccc(Cl)cc2)nc2ccc(-c3ccccc3)cn12. The van der Waals surface area contributed by atoms with Gasteiger partial charge in [0, 0.05) is 11.2 Å². The first-order valence-corrected chi connectivity index (χ1v) is 7.53. The van der Waals surface area contributed by atoms with E-state index in [1.165, 1.54) is 4.68 Å². The summed E-state index contributed by atoms with van der Waals surface area (Å²) in [7, 11) is 0. The van der Waals surface area contributed by atoms with Crippen LogP contribution in [-0.2, 0) is 0 Å². The van der Waals surface area contributed by atoms with Crippen LogP contribution >= 0.6 is 11.6 Å². The molecule has 2 aromatic heterocycles. The third-order valence-electron chi connectivity index (χ3n) is 3.70. The maximum Gasteiger partial charge on any atom is 0.355 e. The van der Waals surface area contributed by atoms with E-state index >= 15 is 0 Å². The average Bonchev–Trinajstić information content (AvgIpc) is 2.93. The summed E-state index contributed by atoms with van der Waals surface area (Å²) in [6.45, 7) is 0. The van der Waals surface area contributed by atoms with Gasteiger partial charge in [-0.05, 0) is 47.5 Å². The van der Waals surface area contributed by atoms with E-state index in [0.717, 1.165) is 11.1 Å². The molecule has 4 rings (SSSR count). The minimum atomic E-state index is -0.208. The number of halogens is 1. The molecule has 4 aromatic rings. The molecule has 0 radical (unpaired) electrons. The molecule has 0 bridgehead atoms. The molecule has 112 valence electrons. The molecule has 0 N–H and O–H groups in total. The van der Waals surface area contributed by atoms with Gasteiger partial charge in [0.05, 0.1) is 5.69 Å². The molecule has 0 aliphatic rings. The van der Waals surface area contributed by atoms with Gasteiger partial charge in [0.1, 0.15) is 0 Å². The number of hydrogen-bond donors (Lipinski definition) is 0. The Labute approximate surface area is 137 Å². The van der Waals surface area contributed by atoms with Crippen molar-refractivity contribution in [1.82, 2.24) is 14.2 Å². The summed E-state index contributed by atoms with van der Waals surface area (Å²) >= 11 is 5.89. The summed E-state index contributed by atoms with van der Waals surface area (Å²) in [6, 6.07) is 20.8. The number of pyridine rings is 1. The highest BCUT2D eigenvalue weighted by Gasteiger charge is 2.09. The van der Waals surface area contributed by atoms with Crippen LogP contribution in [0.5, 0.6) is 0 Å². The van der Waals surface area contributed by atoms with E-state index in [1.807, 2.05) is 48.7 Å². The Balaban J connectivity index is 1.88. The highest BCUT2D eigenvalue weighted by atomic mass is 35.5. The minimum absolute atomic E-state index is 0.208. The van der Waals surface area contributed by atoms with E-state index in [2.05, 4.69) is 5.10 Å². The normalized spacial score (nSPS) is 11.0. The second kappa shape index (κ2) is 5.41. The van der Waals surface area contributed by atoms with E-state index in [-0.39, 0.29) is 5.69 Å². The Morgan fingerprint density at radius 3 is 2.30 bits per heavy atom. The molecule has 0 saturated heterocycles. The Morgan fingerprint density at radius 1 is 0.826 bits per heavy atom. The minimum Gasteiger partial charge on any atom is -0.249 e. The molecule has 2 aromatic carbocycles. The van der Waals surface area contributed by atoms with Crippen molar-refractivity contribution in [2.24, 2.45) is 0 Å². The van der Waals surface area contributed by atoms with Crippen LogP contribution in [-0.4, -0.2) is 14.2 Å². The number of rotatable bonds is 2. The van der Waals surface area contributed by atoms with E-state index in [4.69, 9.17) is 11.6 Å². The van der Waals surface area contributed by atoms with Crippen molar-refractivity contribution in [3.63, 3.8) is 0 Å². The fraction of sp³-hybridized carbons (Fsp3) is 0. The predicted molar refractivity (Wildman–Crippen MR) is 91.2 cm³/mol. The molecule has 0 amide bonds. The van der Waals surface area contributed by atoms with Crippen molar-refractivity contribution in [2.75, 3.05) is 0 Å². The summed E-state index contributed by atoms with van der Waals surface area (Å²) in [5, 5.41) is 4.99. The predicted octanol–water partition coefficient (Wildman–Crippen LogP) is 3.81. The van der Waals surface area contributed by atoms with Gasteiger partial charge in [0.15, 0.2) is 5.65 Å². The summed E-state index contributed by atoms with van der Waals surface area (Å²) in [5.74, 6) is 0. The smallest absolute Gasteiger partial charge is 0.249 e. The Bertz CT molecular complexity index is 1030. The fourth-order valence-corrected chi connectivity index (χ4v) is 2.65. The zero-order valence-corrected chi connectivity index (χ0v) is 12.8. The van der Waals surface area contributed by atoms with Gasteiger partial charge < -0.3 is 0 Å². The summed E-state index contributed by atoms with van der Waals surface area (Å²) in [4.78, 5) is 12.6. The van der Waals surface area contributed by atoms with Gasteiger partial charge in [-0.2, -0.15) is 4.68 Å². The standard InChI is InChI=1S/C18H12ClN3O/c19-15-7-9-16(10-8-15)22-18(23)21-12-14(6-11-17(21)20-22)13-4-2-1-3-5-13/h1-12H. The molecule has 0 saturated carbocycles. The van der Waals surface area contributed by atoms with Gasteiger partial charge in [-0.25, -0.2) is 9.20 Å². The van der Waals surface area contributed by atoms with Gasteiger partial charge >= 0.3 is 5.69 Å². The summed E-state index contributed by atoms with van der Waals surface area (Å²) in [6.07, 6.45) is 1.81. The third-order valence-corrected chi connectivity index (χ3v) is 3.95. The highest BCUT2D eigenvalue weighted by Crippen LogP contribution is 2.19. The molecule has 23 heavy (non-hydrogen) atoms. The van der Waals surface area contributed by atoms with Crippen molar-refractivity contribution in [3.8, 4) is 16.8 Å². The van der Waals surface area contributed by atoms with Crippen LogP contribution in [0.15, 0.2) is 77.7 Å². The van der Waals surface area contributed by atoms with E-state index in [1.54, 1.807) is 28.7 Å². The number of fused-ring (bicyclic) bond motifs is 1. The first-order valence-electron chi connectivity index (χ1n) is 7.15. The second-order valence-electron chi connectivity index (χ2n) is 5.18. The Kier molecular flexibility index (Phi) is 3.24. The first-order chi connectivity index (χ1) is 11.2. The van der Waals surface area contributed by atoms with Crippen molar-refractivity contribution >= 4 is 17.2 Å². The van der Waals surface area contributed by atoms with Crippen LogP contribution < -0.4 is 5.69 Å². The lowest BCUT2D eigenvalue weighted by molar-refractivity contribution is 0.839. The summed E-state index contributed by atoms with van der Waals surface area (Å²) in [5.41, 5.74) is 3.10. The van der Waals surface area contributed by atoms with Crippen LogP contribution in [0.25, 0.3) is 22.5 Å². The van der Waals surface area contributed by atoms with E-state index < -0.39 is 0 Å². The van der Waals surface area contributed by atoms with Crippen LogP contribution in [0.1, 0.15) is 0 Å². The maximum absolute atomic E-state index is 12.6. The lowest BCUT2D eigenvalue weighted by Gasteiger charge is -2.01. The van der Waals surface area contributed by atoms with Crippen molar-refractivity contribution < 1.29 is 0 Å². The molecule has 0 atom stereocenters. The Morgan fingerprint density at radius 2 is 1.57 bits per heavy atom. The molecule has 0 fully saturated rings. The van der Waals surface area contributed by atoms with E-state index in [9.17, 15) is 4.79 Å². The number of hydrogen-bond acceptors (Lipinski definition) is 2. The van der Waals surface area contributed by atoms with E-state index in [0.29, 0.717) is 16.4 Å². The monoisotopic (exact) mass is 321 g/mol. The topological polar surface area (TPSA) is 39.3 Å². The molecular formula is C18H12ClN3O. The molecule has 0 unspecified atom stereocenters. The summed E-state index contributed by atoms with van der Waals surface area (Å²) < 4.78 is 2.93. The molecule has 0 aliphatic heterocycles. The molecule has 5 heteroatoms. The van der Waals surface area contributed by atoms with Crippen LogP contribution in [0.2, 0.25) is 5.02 Å². The number of benzene rings is 2. The number of nitrogens with zero attached hydrogens (tertiary/aromatic N) is 3. The molecule has 0 spiro atoms. The van der Waals surface area contributed by atoms with Gasteiger partial charge in [-0.3, -0.25) is 0 Å². The first kappa shape index (κ1) is 13.8. The van der Waals surface area contributed by atoms with Gasteiger partial charge in [-0.1, -0.05) is 41.9 Å². The quantitative estimate of drug-likeness (QED) is 0.563. The zero-order chi connectivity index (χ0) is 15.8. The van der Waals surface area contributed by atoms with Crippen LogP contribution in [0.4, 0.5) is 0 Å². The van der Waals surface area contributed by atoms with Crippen molar-refractivity contribution in [2.45, 2.75) is 0 Å². The molecule has 2 heterocycles. The third kappa shape index (κ3) is 2.43. The lowest BCUT2D eigenvalue weighted by atomic mass is 10.1.